The molecule has 1 saturated heterocycles. The Bertz CT molecular complexity index is 1570. The van der Waals surface area contributed by atoms with E-state index in [1.807, 2.05) is 60.5 Å². The summed E-state index contributed by atoms with van der Waals surface area (Å²) >= 11 is 0. The number of methoxy groups -OCH3 is 1. The van der Waals surface area contributed by atoms with E-state index in [1.165, 1.54) is 45.2 Å². The number of benzene rings is 1. The third-order valence-electron chi connectivity index (χ3n) is 10.3. The number of likely N-dealkylation sites (tertiary alicyclic amines) is 1. The van der Waals surface area contributed by atoms with Crippen molar-refractivity contribution in [1.29, 1.82) is 0 Å². The highest BCUT2D eigenvalue weighted by Crippen LogP contribution is 2.29. The molecule has 0 aliphatic carbocycles. The molecule has 53 heavy (non-hydrogen) atoms. The number of sulfonamides is 1. The number of nitrogens with zero attached hydrogens (tertiary/aromatic N) is 3. The monoisotopic (exact) mass is 761 g/mol. The van der Waals surface area contributed by atoms with Crippen LogP contribution in [0, 0.1) is 23.7 Å². The molecule has 1 heterocycles. The average Bonchev–Trinajstić information content (AvgIpc) is 3.53. The van der Waals surface area contributed by atoms with Crippen molar-refractivity contribution >= 4 is 45.1 Å². The second kappa shape index (κ2) is 20.2. The van der Waals surface area contributed by atoms with Gasteiger partial charge in [0, 0.05) is 51.2 Å². The van der Waals surface area contributed by atoms with Crippen LogP contribution < -0.4 is 10.0 Å². The zero-order chi connectivity index (χ0) is 40.4. The fourth-order valence-corrected chi connectivity index (χ4v) is 8.32. The second-order valence-corrected chi connectivity index (χ2v) is 16.9. The lowest BCUT2D eigenvalue weighted by atomic mass is 9.83. The van der Waals surface area contributed by atoms with Gasteiger partial charge in [-0.2, -0.15) is 0 Å². The SMILES string of the molecule is CC[C@H](C)[C@@H]([C@@H](CC(=O)N1CCC[C@H]1/C=C(\C)C(=O)NS(=O)(=O)c1ccc(NC(C)=O)cc1)OC)N(C)C(=O)[C@@H](CC(=O)[C@H](C(C)C)N(C)C)C(C)C. The van der Waals surface area contributed by atoms with Gasteiger partial charge in [-0.3, -0.25) is 28.9 Å². The summed E-state index contributed by atoms with van der Waals surface area (Å²) in [5.41, 5.74) is 0.559. The number of anilines is 1. The number of amides is 4. The highest BCUT2D eigenvalue weighted by Gasteiger charge is 2.40. The minimum absolute atomic E-state index is 0.0110. The molecule has 0 bridgehead atoms. The molecule has 2 rings (SSSR count). The first-order valence-electron chi connectivity index (χ1n) is 18.6. The summed E-state index contributed by atoms with van der Waals surface area (Å²) in [6.45, 7) is 15.2. The maximum Gasteiger partial charge on any atom is 0.264 e. The highest BCUT2D eigenvalue weighted by atomic mass is 32.2. The Morgan fingerprint density at radius 2 is 1.57 bits per heavy atom. The Morgan fingerprint density at radius 1 is 0.962 bits per heavy atom. The van der Waals surface area contributed by atoms with Gasteiger partial charge in [-0.05, 0) is 75.9 Å². The number of hydrogen-bond acceptors (Lipinski definition) is 9. The van der Waals surface area contributed by atoms with Gasteiger partial charge < -0.3 is 19.9 Å². The maximum absolute atomic E-state index is 14.2. The van der Waals surface area contributed by atoms with Crippen LogP contribution in [0.2, 0.25) is 0 Å². The van der Waals surface area contributed by atoms with Crippen LogP contribution in [-0.4, -0.2) is 112 Å². The van der Waals surface area contributed by atoms with Crippen molar-refractivity contribution in [1.82, 2.24) is 19.4 Å². The van der Waals surface area contributed by atoms with E-state index in [0.717, 1.165) is 6.42 Å². The summed E-state index contributed by atoms with van der Waals surface area (Å²) in [5.74, 6) is -2.02. The Kier molecular flexibility index (Phi) is 17.3. The molecule has 0 unspecified atom stereocenters. The minimum atomic E-state index is -4.20. The summed E-state index contributed by atoms with van der Waals surface area (Å²) in [4.78, 5) is 71.0. The molecule has 0 aromatic heterocycles. The fourth-order valence-electron chi connectivity index (χ4n) is 7.30. The summed E-state index contributed by atoms with van der Waals surface area (Å²) in [5, 5.41) is 2.56. The van der Waals surface area contributed by atoms with Crippen LogP contribution in [-0.2, 0) is 38.7 Å². The number of hydrogen-bond donors (Lipinski definition) is 2. The molecule has 1 aromatic rings. The quantitative estimate of drug-likeness (QED) is 0.194. The van der Waals surface area contributed by atoms with Gasteiger partial charge >= 0.3 is 0 Å². The zero-order valence-corrected chi connectivity index (χ0v) is 34.6. The van der Waals surface area contributed by atoms with Gasteiger partial charge in [-0.1, -0.05) is 54.0 Å². The van der Waals surface area contributed by atoms with Crippen LogP contribution in [0.3, 0.4) is 0 Å². The van der Waals surface area contributed by atoms with E-state index >= 15 is 0 Å². The van der Waals surface area contributed by atoms with Crippen LogP contribution in [0.5, 0.6) is 0 Å². The van der Waals surface area contributed by atoms with Crippen LogP contribution in [0.15, 0.2) is 40.8 Å². The number of Topliss-reactive ketones (excluding diaryl/α,β-unsaturated/α-hetero) is 1. The molecule has 0 spiro atoms. The third kappa shape index (κ3) is 12.5. The standard InChI is InChI=1S/C39H63N5O8S/c1-13-26(6)37(43(11)39(49)32(24(2)3)22-33(46)36(25(4)5)42(9)10)34(52-12)23-35(47)44-20-14-15-30(44)21-27(7)38(48)41-53(50,51)31-18-16-29(17-19-31)40-28(8)45/h16-19,21,24-26,30,32,34,36-37H,13-15,20,22-23H2,1-12H3,(H,40,45)(H,41,48)/b27-21+/t26-,30-,32-,34+,36-,37-/m0/s1. The lowest BCUT2D eigenvalue weighted by Gasteiger charge is -2.40. The molecule has 1 aliphatic heterocycles. The van der Waals surface area contributed by atoms with Crippen LogP contribution in [0.1, 0.15) is 87.5 Å². The number of rotatable bonds is 19. The van der Waals surface area contributed by atoms with E-state index < -0.39 is 40.0 Å². The van der Waals surface area contributed by atoms with Gasteiger partial charge in [0.25, 0.3) is 15.9 Å². The third-order valence-corrected chi connectivity index (χ3v) is 11.6. The topological polar surface area (TPSA) is 162 Å². The first-order valence-corrected chi connectivity index (χ1v) is 20.1. The van der Waals surface area contributed by atoms with Gasteiger partial charge in [0.15, 0.2) is 5.78 Å². The van der Waals surface area contributed by atoms with E-state index in [9.17, 15) is 32.4 Å². The van der Waals surface area contributed by atoms with Gasteiger partial charge in [-0.25, -0.2) is 13.1 Å². The number of likely N-dealkylation sites (N-methyl/N-ethyl adjacent to an activating group) is 2. The van der Waals surface area contributed by atoms with Crippen molar-refractivity contribution in [2.45, 2.75) is 117 Å². The Balaban J connectivity index is 2.25. The van der Waals surface area contributed by atoms with Crippen molar-refractivity contribution in [2.24, 2.45) is 23.7 Å². The molecule has 6 atom stereocenters. The number of ether oxygens (including phenoxy) is 1. The van der Waals surface area contributed by atoms with E-state index in [1.54, 1.807) is 22.9 Å². The first-order chi connectivity index (χ1) is 24.7. The average molecular weight is 762 g/mol. The molecule has 0 saturated carbocycles. The largest absolute Gasteiger partial charge is 0.379 e. The van der Waals surface area contributed by atoms with Gasteiger partial charge in [0.1, 0.15) is 0 Å². The minimum Gasteiger partial charge on any atom is -0.379 e. The van der Waals surface area contributed by atoms with E-state index in [0.29, 0.717) is 25.1 Å². The molecule has 4 amide bonds. The predicted molar refractivity (Wildman–Crippen MR) is 206 cm³/mol. The molecule has 1 fully saturated rings. The number of nitrogens with one attached hydrogen (secondary N) is 2. The number of carbonyl (C=O) groups is 5. The van der Waals surface area contributed by atoms with Gasteiger partial charge in [-0.15, -0.1) is 0 Å². The van der Waals surface area contributed by atoms with Crippen molar-refractivity contribution in [3.63, 3.8) is 0 Å². The molecule has 0 radical (unpaired) electrons. The summed E-state index contributed by atoms with van der Waals surface area (Å²) < 4.78 is 33.9. The smallest absolute Gasteiger partial charge is 0.264 e. The maximum atomic E-state index is 14.2. The Hall–Kier alpha value is -3.62. The summed E-state index contributed by atoms with van der Waals surface area (Å²) in [6, 6.07) is 4.24. The van der Waals surface area contributed by atoms with Crippen LogP contribution in [0.25, 0.3) is 0 Å². The molecule has 298 valence electrons. The first kappa shape index (κ1) is 45.5. The van der Waals surface area contributed by atoms with E-state index in [2.05, 4.69) is 10.0 Å². The summed E-state index contributed by atoms with van der Waals surface area (Å²) in [6.07, 6.45) is 3.09. The fraction of sp³-hybridized carbons (Fsp3) is 0.667. The van der Waals surface area contributed by atoms with Crippen molar-refractivity contribution in [3.8, 4) is 0 Å². The van der Waals surface area contributed by atoms with E-state index in [-0.39, 0.29) is 70.6 Å². The number of ketones is 1. The second-order valence-electron chi connectivity index (χ2n) is 15.3. The van der Waals surface area contributed by atoms with Crippen molar-refractivity contribution < 1.29 is 37.1 Å². The predicted octanol–water partition coefficient (Wildman–Crippen LogP) is 4.48. The normalized spacial score (nSPS) is 18.1. The number of carbonyl (C=O) groups excluding carboxylic acids is 5. The molecule has 14 heteroatoms. The van der Waals surface area contributed by atoms with Crippen LogP contribution in [0.4, 0.5) is 5.69 Å². The molecule has 1 aromatic carbocycles. The van der Waals surface area contributed by atoms with Crippen LogP contribution >= 0.6 is 0 Å². The lowest BCUT2D eigenvalue weighted by Crippen LogP contribution is -2.53. The van der Waals surface area contributed by atoms with Gasteiger partial charge in [0.2, 0.25) is 17.7 Å². The molecule has 1 aliphatic rings. The molecule has 13 nitrogen and oxygen atoms in total. The Morgan fingerprint density at radius 3 is 2.06 bits per heavy atom. The molecular formula is C39H63N5O8S. The molecule has 2 N–H and O–H groups in total. The van der Waals surface area contributed by atoms with Gasteiger partial charge in [0.05, 0.1) is 35.5 Å². The van der Waals surface area contributed by atoms with Crippen molar-refractivity contribution in [2.75, 3.05) is 40.1 Å². The Labute approximate surface area is 317 Å². The zero-order valence-electron chi connectivity index (χ0n) is 33.8. The summed E-state index contributed by atoms with van der Waals surface area (Å²) in [7, 11) is 2.81. The van der Waals surface area contributed by atoms with E-state index in [4.69, 9.17) is 4.74 Å². The molecular weight excluding hydrogens is 699 g/mol. The highest BCUT2D eigenvalue weighted by molar-refractivity contribution is 7.90. The van der Waals surface area contributed by atoms with Crippen molar-refractivity contribution in [3.05, 3.63) is 35.9 Å². The lowest BCUT2D eigenvalue weighted by molar-refractivity contribution is -0.148.